The largest absolute Gasteiger partial charge is 0.356 e. The highest BCUT2D eigenvalue weighted by Crippen LogP contribution is 2.13. The van der Waals surface area contributed by atoms with Crippen LogP contribution in [0, 0.1) is 0 Å². The summed E-state index contributed by atoms with van der Waals surface area (Å²) in [6, 6.07) is 0. The Morgan fingerprint density at radius 3 is 3.21 bits per heavy atom. The molecule has 0 aliphatic rings. The fourth-order valence-corrected chi connectivity index (χ4v) is 1.78. The molecule has 5 nitrogen and oxygen atoms in total. The van der Waals surface area contributed by atoms with Crippen molar-refractivity contribution in [2.75, 3.05) is 23.8 Å². The van der Waals surface area contributed by atoms with Crippen molar-refractivity contribution in [2.45, 2.75) is 0 Å². The molecule has 2 aromatic rings. The fraction of sp³-hybridized carbons (Fsp3) is 0.375. The van der Waals surface area contributed by atoms with E-state index in [1.165, 1.54) is 0 Å². The number of hydrogen-bond donors (Lipinski definition) is 0. The lowest BCUT2D eigenvalue weighted by Gasteiger charge is -2.16. The standard InChI is InChI=1S/C8H10BrN5/c1-13(4-2-9)7-8-12-11-6-14(8)5-3-10-7/h3,5-6H,2,4H2,1H3. The SMILES string of the molecule is CN(CCBr)c1nccn2cnnc12. The molecular weight excluding hydrogens is 246 g/mol. The third-order valence-electron chi connectivity index (χ3n) is 1.98. The fourth-order valence-electron chi connectivity index (χ4n) is 1.25. The summed E-state index contributed by atoms with van der Waals surface area (Å²) < 4.78 is 1.85. The zero-order valence-corrected chi connectivity index (χ0v) is 9.35. The first-order valence-electron chi connectivity index (χ1n) is 4.24. The maximum absolute atomic E-state index is 4.28. The summed E-state index contributed by atoms with van der Waals surface area (Å²) in [5, 5.41) is 8.76. The molecule has 0 aromatic carbocycles. The van der Waals surface area contributed by atoms with Crippen LogP contribution in [0.15, 0.2) is 18.7 Å². The van der Waals surface area contributed by atoms with E-state index in [0.717, 1.165) is 23.3 Å². The van der Waals surface area contributed by atoms with Gasteiger partial charge < -0.3 is 4.90 Å². The van der Waals surface area contributed by atoms with E-state index in [2.05, 4.69) is 31.1 Å². The van der Waals surface area contributed by atoms with E-state index in [9.17, 15) is 0 Å². The summed E-state index contributed by atoms with van der Waals surface area (Å²) in [5.74, 6) is 0.851. The lowest BCUT2D eigenvalue weighted by molar-refractivity contribution is 0.939. The summed E-state index contributed by atoms with van der Waals surface area (Å²) in [6.07, 6.45) is 5.25. The molecule has 0 atom stereocenters. The summed E-state index contributed by atoms with van der Waals surface area (Å²) >= 11 is 3.39. The Bertz CT molecular complexity index is 426. The number of aromatic nitrogens is 4. The molecule has 14 heavy (non-hydrogen) atoms. The van der Waals surface area contributed by atoms with E-state index >= 15 is 0 Å². The summed E-state index contributed by atoms with van der Waals surface area (Å²) in [5.41, 5.74) is 0.788. The topological polar surface area (TPSA) is 46.3 Å². The van der Waals surface area contributed by atoms with E-state index < -0.39 is 0 Å². The molecule has 6 heteroatoms. The maximum atomic E-state index is 4.28. The predicted molar refractivity (Wildman–Crippen MR) is 57.8 cm³/mol. The van der Waals surface area contributed by atoms with Crippen LogP contribution < -0.4 is 4.90 Å². The Labute approximate surface area is 89.9 Å². The highest BCUT2D eigenvalue weighted by atomic mass is 79.9. The van der Waals surface area contributed by atoms with Crippen LogP contribution >= 0.6 is 15.9 Å². The first-order valence-corrected chi connectivity index (χ1v) is 5.36. The Kier molecular flexibility index (Phi) is 2.62. The van der Waals surface area contributed by atoms with Gasteiger partial charge in [0, 0.05) is 31.3 Å². The molecule has 0 bridgehead atoms. The molecule has 0 fully saturated rings. The van der Waals surface area contributed by atoms with Crippen molar-refractivity contribution in [3.05, 3.63) is 18.7 Å². The van der Waals surface area contributed by atoms with E-state index in [-0.39, 0.29) is 0 Å². The normalized spacial score (nSPS) is 10.7. The van der Waals surface area contributed by atoms with Crippen molar-refractivity contribution in [3.8, 4) is 0 Å². The average molecular weight is 256 g/mol. The minimum absolute atomic E-state index is 0.788. The Morgan fingerprint density at radius 2 is 2.43 bits per heavy atom. The molecule has 0 radical (unpaired) electrons. The van der Waals surface area contributed by atoms with Crippen molar-refractivity contribution in [1.82, 2.24) is 19.6 Å². The van der Waals surface area contributed by atoms with E-state index in [1.807, 2.05) is 22.5 Å². The monoisotopic (exact) mass is 255 g/mol. The van der Waals surface area contributed by atoms with E-state index in [0.29, 0.717) is 0 Å². The molecule has 0 aliphatic heterocycles. The van der Waals surface area contributed by atoms with Gasteiger partial charge in [-0.1, -0.05) is 15.9 Å². The average Bonchev–Trinajstić information content (AvgIpc) is 2.65. The van der Waals surface area contributed by atoms with Gasteiger partial charge in [0.25, 0.3) is 0 Å². The van der Waals surface area contributed by atoms with Gasteiger partial charge in [0.15, 0.2) is 5.82 Å². The summed E-state index contributed by atoms with van der Waals surface area (Å²) in [6.45, 7) is 0.888. The van der Waals surface area contributed by atoms with Gasteiger partial charge in [0.2, 0.25) is 5.65 Å². The molecule has 2 aromatic heterocycles. The molecule has 0 N–H and O–H groups in total. The van der Waals surface area contributed by atoms with Crippen molar-refractivity contribution in [3.63, 3.8) is 0 Å². The second kappa shape index (κ2) is 3.91. The van der Waals surface area contributed by atoms with Crippen LogP contribution in [-0.4, -0.2) is 38.5 Å². The van der Waals surface area contributed by atoms with Crippen molar-refractivity contribution in [1.29, 1.82) is 0 Å². The Morgan fingerprint density at radius 1 is 1.57 bits per heavy atom. The number of rotatable bonds is 3. The van der Waals surface area contributed by atoms with Crippen molar-refractivity contribution in [2.24, 2.45) is 0 Å². The number of hydrogen-bond acceptors (Lipinski definition) is 4. The minimum Gasteiger partial charge on any atom is -0.356 e. The van der Waals surface area contributed by atoms with Crippen molar-refractivity contribution < 1.29 is 0 Å². The number of halogens is 1. The van der Waals surface area contributed by atoms with Crippen LogP contribution in [0.25, 0.3) is 5.65 Å². The highest BCUT2D eigenvalue weighted by Gasteiger charge is 2.08. The number of alkyl halides is 1. The van der Waals surface area contributed by atoms with Gasteiger partial charge in [-0.05, 0) is 0 Å². The lowest BCUT2D eigenvalue weighted by Crippen LogP contribution is -2.21. The quantitative estimate of drug-likeness (QED) is 0.767. The summed E-state index contributed by atoms with van der Waals surface area (Å²) in [4.78, 5) is 6.32. The van der Waals surface area contributed by atoms with Gasteiger partial charge in [-0.3, -0.25) is 4.40 Å². The molecule has 0 unspecified atom stereocenters. The van der Waals surface area contributed by atoms with Crippen LogP contribution in [0.4, 0.5) is 5.82 Å². The number of nitrogens with zero attached hydrogens (tertiary/aromatic N) is 5. The number of anilines is 1. The van der Waals surface area contributed by atoms with Crippen molar-refractivity contribution >= 4 is 27.4 Å². The molecule has 0 spiro atoms. The molecule has 0 saturated heterocycles. The first-order chi connectivity index (χ1) is 6.83. The third-order valence-corrected chi connectivity index (χ3v) is 2.33. The van der Waals surface area contributed by atoms with Gasteiger partial charge in [0.05, 0.1) is 0 Å². The van der Waals surface area contributed by atoms with Crippen LogP contribution in [0.2, 0.25) is 0 Å². The van der Waals surface area contributed by atoms with E-state index in [1.54, 1.807) is 12.5 Å². The Hall–Kier alpha value is -1.17. The second-order valence-electron chi connectivity index (χ2n) is 2.92. The Balaban J connectivity index is 2.45. The lowest BCUT2D eigenvalue weighted by atomic mass is 10.5. The second-order valence-corrected chi connectivity index (χ2v) is 3.72. The van der Waals surface area contributed by atoms with Crippen LogP contribution in [0.3, 0.4) is 0 Å². The molecule has 0 saturated carbocycles. The van der Waals surface area contributed by atoms with Crippen LogP contribution in [-0.2, 0) is 0 Å². The van der Waals surface area contributed by atoms with Gasteiger partial charge in [-0.2, -0.15) is 0 Å². The molecule has 2 heterocycles. The minimum atomic E-state index is 0.788. The number of fused-ring (bicyclic) bond motifs is 1. The highest BCUT2D eigenvalue weighted by molar-refractivity contribution is 9.09. The molecule has 2 rings (SSSR count). The molecule has 74 valence electrons. The van der Waals surface area contributed by atoms with Crippen LogP contribution in [0.5, 0.6) is 0 Å². The smallest absolute Gasteiger partial charge is 0.203 e. The zero-order valence-electron chi connectivity index (χ0n) is 7.76. The van der Waals surface area contributed by atoms with Gasteiger partial charge in [-0.15, -0.1) is 10.2 Å². The molecule has 0 aliphatic carbocycles. The summed E-state index contributed by atoms with van der Waals surface area (Å²) in [7, 11) is 1.98. The van der Waals surface area contributed by atoms with Crippen LogP contribution in [0.1, 0.15) is 0 Å². The predicted octanol–water partition coefficient (Wildman–Crippen LogP) is 0.955. The van der Waals surface area contributed by atoms with E-state index in [4.69, 9.17) is 0 Å². The van der Waals surface area contributed by atoms with Gasteiger partial charge in [0.1, 0.15) is 6.33 Å². The molecule has 0 amide bonds. The third kappa shape index (κ3) is 1.57. The maximum Gasteiger partial charge on any atom is 0.203 e. The van der Waals surface area contributed by atoms with Gasteiger partial charge in [-0.25, -0.2) is 4.98 Å². The van der Waals surface area contributed by atoms with Gasteiger partial charge >= 0.3 is 0 Å². The zero-order chi connectivity index (χ0) is 9.97. The molecular formula is C8H10BrN5. The first kappa shape index (κ1) is 9.39.